The zero-order chi connectivity index (χ0) is 30.7. The lowest BCUT2D eigenvalue weighted by Crippen LogP contribution is -2.49. The number of aromatic nitrogens is 3. The molecule has 2 aromatic rings. The average Bonchev–Trinajstić information content (AvgIpc) is 3.38. The lowest BCUT2D eigenvalue weighted by Gasteiger charge is -2.50. The molecule has 1 saturated carbocycles. The van der Waals surface area contributed by atoms with Crippen LogP contribution in [0.4, 0.5) is 5.69 Å². The second-order valence-corrected chi connectivity index (χ2v) is 15.1. The van der Waals surface area contributed by atoms with E-state index in [0.717, 1.165) is 12.8 Å². The number of nitriles is 1. The van der Waals surface area contributed by atoms with Crippen molar-refractivity contribution in [3.05, 3.63) is 41.0 Å². The van der Waals surface area contributed by atoms with Crippen LogP contribution in [0.5, 0.6) is 5.75 Å². The molecule has 0 saturated heterocycles. The van der Waals surface area contributed by atoms with Crippen LogP contribution in [0.3, 0.4) is 0 Å². The van der Waals surface area contributed by atoms with Crippen molar-refractivity contribution in [2.45, 2.75) is 101 Å². The Morgan fingerprint density at radius 2 is 1.66 bits per heavy atom. The fourth-order valence-electron chi connectivity index (χ4n) is 6.09. The normalized spacial score (nSPS) is 24.4. The number of esters is 1. The number of carbonyl (C=O) groups is 1. The molecule has 2 aliphatic rings. The largest absolute Gasteiger partial charge is 0.872 e. The molecule has 1 aromatic carbocycles. The summed E-state index contributed by atoms with van der Waals surface area (Å²) in [7, 11) is 0. The van der Waals surface area contributed by atoms with Gasteiger partial charge < -0.3 is 9.84 Å². The Hall–Kier alpha value is -3.47. The predicted molar refractivity (Wildman–Crippen MR) is 159 cm³/mol. The SMILES string of the molecule is Cc1cc([O-])ccc1N=C1C(C(=O)OC2C(C(C)(C)C)CC(C)CC2C(C)(C)C)=C(C#N)c2nc(C(C)(C)C)nn21. The van der Waals surface area contributed by atoms with Crippen LogP contribution in [0.2, 0.25) is 0 Å². The number of rotatable bonds is 3. The van der Waals surface area contributed by atoms with Gasteiger partial charge in [0.25, 0.3) is 0 Å². The molecule has 2 atom stereocenters. The molecule has 0 amide bonds. The van der Waals surface area contributed by atoms with Gasteiger partial charge in [0.2, 0.25) is 0 Å². The molecule has 0 radical (unpaired) electrons. The van der Waals surface area contributed by atoms with E-state index in [1.54, 1.807) is 13.0 Å². The minimum absolute atomic E-state index is 0.0625. The average molecular weight is 559 g/mol. The summed E-state index contributed by atoms with van der Waals surface area (Å²) >= 11 is 0. The predicted octanol–water partition coefficient (Wildman–Crippen LogP) is 6.49. The van der Waals surface area contributed by atoms with Crippen LogP contribution in [0.15, 0.2) is 28.8 Å². The molecular weight excluding hydrogens is 514 g/mol. The monoisotopic (exact) mass is 558 g/mol. The molecule has 0 bridgehead atoms. The van der Waals surface area contributed by atoms with Crippen LogP contribution >= 0.6 is 0 Å². The highest BCUT2D eigenvalue weighted by molar-refractivity contribution is 6.29. The summed E-state index contributed by atoms with van der Waals surface area (Å²) < 4.78 is 7.98. The fraction of sp³-hybridized carbons (Fsp3) is 0.606. The quantitative estimate of drug-likeness (QED) is 0.397. The minimum Gasteiger partial charge on any atom is -0.872 e. The van der Waals surface area contributed by atoms with Crippen LogP contribution in [-0.2, 0) is 14.9 Å². The van der Waals surface area contributed by atoms with E-state index in [1.165, 1.54) is 16.8 Å². The second-order valence-electron chi connectivity index (χ2n) is 15.1. The summed E-state index contributed by atoms with van der Waals surface area (Å²) in [4.78, 5) is 23.7. The molecule has 1 fully saturated rings. The number of aryl methyl sites for hydroxylation is 1. The van der Waals surface area contributed by atoms with Crippen molar-refractivity contribution in [3.8, 4) is 11.8 Å². The standard InChI is InChI=1S/C33H45N5O3/c1-18-14-22(31(3,4)5)26(23(15-18)32(6,7)8)41-29(40)25-21(17-34)27-36-30(33(9,10)11)37-38(27)28(25)35-24-13-12-20(39)16-19(24)2/h12-13,16,18,22-23,26,39H,14-15H2,1-11H3/p-1. The topological polar surface area (TPSA) is 116 Å². The van der Waals surface area contributed by atoms with Crippen molar-refractivity contribution in [2.24, 2.45) is 33.6 Å². The van der Waals surface area contributed by atoms with Crippen molar-refractivity contribution in [2.75, 3.05) is 0 Å². The number of hydrogen-bond acceptors (Lipinski definition) is 7. The lowest BCUT2D eigenvalue weighted by atomic mass is 9.59. The molecule has 1 aromatic heterocycles. The summed E-state index contributed by atoms with van der Waals surface area (Å²) in [5.74, 6) is 1.07. The molecule has 0 spiro atoms. The number of fused-ring (bicyclic) bond motifs is 1. The van der Waals surface area contributed by atoms with Crippen LogP contribution < -0.4 is 5.11 Å². The second kappa shape index (κ2) is 10.4. The lowest BCUT2D eigenvalue weighted by molar-refractivity contribution is -0.268. The fourth-order valence-corrected chi connectivity index (χ4v) is 6.09. The summed E-state index contributed by atoms with van der Waals surface area (Å²) in [6.45, 7) is 23.2. The highest BCUT2D eigenvalue weighted by Crippen LogP contribution is 2.50. The Balaban J connectivity index is 1.88. The van der Waals surface area contributed by atoms with Gasteiger partial charge >= 0.3 is 5.97 Å². The van der Waals surface area contributed by atoms with Gasteiger partial charge in [0, 0.05) is 17.3 Å². The molecule has 0 N–H and O–H groups in total. The van der Waals surface area contributed by atoms with Crippen molar-refractivity contribution in [1.29, 1.82) is 5.26 Å². The van der Waals surface area contributed by atoms with E-state index < -0.39 is 5.97 Å². The van der Waals surface area contributed by atoms with Crippen molar-refractivity contribution in [3.63, 3.8) is 0 Å². The summed E-state index contributed by atoms with van der Waals surface area (Å²) in [5.41, 5.74) is 0.760. The molecule has 8 heteroatoms. The highest BCUT2D eigenvalue weighted by atomic mass is 16.5. The van der Waals surface area contributed by atoms with Crippen molar-refractivity contribution >= 4 is 23.1 Å². The van der Waals surface area contributed by atoms with Gasteiger partial charge in [-0.2, -0.15) is 9.94 Å². The summed E-state index contributed by atoms with van der Waals surface area (Å²) in [5, 5.41) is 27.0. The third kappa shape index (κ3) is 5.95. The number of ether oxygens (including phenoxy) is 1. The smallest absolute Gasteiger partial charge is 0.343 e. The first-order valence-electron chi connectivity index (χ1n) is 14.5. The third-order valence-electron chi connectivity index (χ3n) is 8.46. The first-order valence-corrected chi connectivity index (χ1v) is 14.5. The molecule has 220 valence electrons. The maximum atomic E-state index is 14.3. The molecule has 41 heavy (non-hydrogen) atoms. The number of benzene rings is 1. The number of aliphatic imine (C=N–C) groups is 1. The molecule has 8 nitrogen and oxygen atoms in total. The van der Waals surface area contributed by atoms with Crippen molar-refractivity contribution in [1.82, 2.24) is 14.8 Å². The summed E-state index contributed by atoms with van der Waals surface area (Å²) in [6, 6.07) is 6.75. The van der Waals surface area contributed by atoms with Crippen LogP contribution in [0.25, 0.3) is 5.57 Å². The number of allylic oxidation sites excluding steroid dienone is 1. The van der Waals surface area contributed by atoms with Gasteiger partial charge in [-0.05, 0) is 48.1 Å². The maximum absolute atomic E-state index is 14.3. The van der Waals surface area contributed by atoms with E-state index >= 15 is 0 Å². The molecular formula is C33H44N5O3-. The maximum Gasteiger partial charge on any atom is 0.343 e. The Kier molecular flexibility index (Phi) is 7.75. The Labute approximate surface area is 244 Å². The van der Waals surface area contributed by atoms with E-state index in [4.69, 9.17) is 14.8 Å². The molecule has 1 aliphatic carbocycles. The van der Waals surface area contributed by atoms with Crippen LogP contribution in [0.1, 0.15) is 99.3 Å². The van der Waals surface area contributed by atoms with Gasteiger partial charge in [-0.3, -0.25) is 0 Å². The first-order chi connectivity index (χ1) is 18.8. The summed E-state index contributed by atoms with van der Waals surface area (Å²) in [6.07, 6.45) is 1.58. The van der Waals surface area contributed by atoms with Gasteiger partial charge in [-0.1, -0.05) is 81.4 Å². The van der Waals surface area contributed by atoms with E-state index in [9.17, 15) is 15.2 Å². The first kappa shape index (κ1) is 30.5. The Morgan fingerprint density at radius 1 is 1.07 bits per heavy atom. The van der Waals surface area contributed by atoms with E-state index in [1.807, 2.05) is 20.8 Å². The molecule has 2 unspecified atom stereocenters. The number of nitrogens with zero attached hydrogens (tertiary/aromatic N) is 5. The highest BCUT2D eigenvalue weighted by Gasteiger charge is 2.49. The molecule has 4 rings (SSSR count). The van der Waals surface area contributed by atoms with Crippen LogP contribution in [0, 0.1) is 46.8 Å². The van der Waals surface area contributed by atoms with E-state index in [2.05, 4.69) is 59.5 Å². The van der Waals surface area contributed by atoms with Crippen molar-refractivity contribution < 1.29 is 14.6 Å². The van der Waals surface area contributed by atoms with Gasteiger partial charge in [0.15, 0.2) is 17.5 Å². The molecule has 1 aliphatic heterocycles. The van der Waals surface area contributed by atoms with Crippen LogP contribution in [-0.4, -0.2) is 32.7 Å². The zero-order valence-corrected chi connectivity index (χ0v) is 26.4. The Bertz CT molecular complexity index is 1430. The number of carbonyl (C=O) groups excluding carboxylic acids is 1. The Morgan fingerprint density at radius 3 is 2.15 bits per heavy atom. The molecule has 2 heterocycles. The van der Waals surface area contributed by atoms with Gasteiger partial charge in [-0.15, -0.1) is 10.8 Å². The zero-order valence-electron chi connectivity index (χ0n) is 26.4. The van der Waals surface area contributed by atoms with E-state index in [-0.39, 0.29) is 62.7 Å². The number of hydrogen-bond donors (Lipinski definition) is 0. The third-order valence-corrected chi connectivity index (χ3v) is 8.46. The van der Waals surface area contributed by atoms with Gasteiger partial charge in [0.05, 0.1) is 5.69 Å². The van der Waals surface area contributed by atoms with Gasteiger partial charge in [0.1, 0.15) is 23.3 Å². The van der Waals surface area contributed by atoms with E-state index in [0.29, 0.717) is 23.0 Å². The van der Waals surface area contributed by atoms with Gasteiger partial charge in [-0.25, -0.2) is 14.8 Å². The minimum atomic E-state index is -0.592.